The number of H-pyrrole nitrogens is 1. The van der Waals surface area contributed by atoms with E-state index in [1.54, 1.807) is 18.7 Å². The van der Waals surface area contributed by atoms with Gasteiger partial charge in [0, 0.05) is 24.2 Å². The molecule has 1 amide bonds. The summed E-state index contributed by atoms with van der Waals surface area (Å²) in [6, 6.07) is 3.65. The number of carbonyl (C=O) groups is 1. The van der Waals surface area contributed by atoms with Crippen molar-refractivity contribution in [1.82, 2.24) is 15.0 Å². The number of amides is 1. The number of nitrogens with zero attached hydrogens (tertiary/aromatic N) is 2. The van der Waals surface area contributed by atoms with Crippen molar-refractivity contribution in [3.8, 4) is 0 Å². The number of anilines is 1. The molecular weight excluding hydrogens is 299 g/mol. The van der Waals surface area contributed by atoms with E-state index in [1.807, 2.05) is 12.1 Å². The monoisotopic (exact) mass is 314 g/mol. The number of hydrogen-bond donors (Lipinski definition) is 2. The minimum absolute atomic E-state index is 0. The van der Waals surface area contributed by atoms with Crippen LogP contribution in [0.3, 0.4) is 0 Å². The van der Waals surface area contributed by atoms with E-state index < -0.39 is 0 Å². The zero-order chi connectivity index (χ0) is 12.4. The van der Waals surface area contributed by atoms with Crippen LogP contribution in [0, 0.1) is 5.92 Å². The number of imidazole rings is 1. The molecule has 1 unspecified atom stereocenters. The highest BCUT2D eigenvalue weighted by Crippen LogP contribution is 2.23. The molecule has 108 valence electrons. The van der Waals surface area contributed by atoms with Gasteiger partial charge < -0.3 is 10.3 Å². The maximum absolute atomic E-state index is 12.1. The molecule has 1 aliphatic carbocycles. The molecule has 0 fully saturated rings. The molecule has 0 bridgehead atoms. The average Bonchev–Trinajstić information content (AvgIpc) is 2.87. The Labute approximate surface area is 129 Å². The summed E-state index contributed by atoms with van der Waals surface area (Å²) in [5, 5.41) is 2.90. The fraction of sp³-hybridized carbons (Fsp3) is 0.308. The number of rotatable bonds is 2. The fourth-order valence-corrected chi connectivity index (χ4v) is 2.31. The van der Waals surface area contributed by atoms with Crippen molar-refractivity contribution >= 4 is 36.4 Å². The van der Waals surface area contributed by atoms with Crippen molar-refractivity contribution in [3.05, 3.63) is 42.2 Å². The maximum Gasteiger partial charge on any atom is 0.227 e. The molecule has 20 heavy (non-hydrogen) atoms. The lowest BCUT2D eigenvalue weighted by molar-refractivity contribution is -0.120. The summed E-state index contributed by atoms with van der Waals surface area (Å²) < 4.78 is 0. The molecule has 5 nitrogen and oxygen atoms in total. The van der Waals surface area contributed by atoms with Gasteiger partial charge in [0.05, 0.1) is 23.9 Å². The topological polar surface area (TPSA) is 70.7 Å². The molecule has 2 N–H and O–H groups in total. The van der Waals surface area contributed by atoms with Gasteiger partial charge in [-0.25, -0.2) is 4.98 Å². The first-order valence-electron chi connectivity index (χ1n) is 6.05. The van der Waals surface area contributed by atoms with Gasteiger partial charge in [-0.3, -0.25) is 9.78 Å². The first-order valence-corrected chi connectivity index (χ1v) is 6.05. The molecule has 1 atom stereocenters. The first kappa shape index (κ1) is 16.5. The summed E-state index contributed by atoms with van der Waals surface area (Å²) in [6.07, 6.45) is 7.50. The Hall–Kier alpha value is -1.59. The number of aromatic amines is 1. The zero-order valence-corrected chi connectivity index (χ0v) is 12.3. The summed E-state index contributed by atoms with van der Waals surface area (Å²) in [7, 11) is 0. The molecular formula is C13H16Cl2N4O. The van der Waals surface area contributed by atoms with Crippen molar-refractivity contribution in [2.24, 2.45) is 5.92 Å². The van der Waals surface area contributed by atoms with Gasteiger partial charge in [-0.1, -0.05) is 0 Å². The summed E-state index contributed by atoms with van der Waals surface area (Å²) >= 11 is 0. The molecule has 3 rings (SSSR count). The quantitative estimate of drug-likeness (QED) is 0.894. The van der Waals surface area contributed by atoms with Gasteiger partial charge in [0.1, 0.15) is 0 Å². The average molecular weight is 315 g/mol. The molecule has 0 radical (unpaired) electrons. The van der Waals surface area contributed by atoms with E-state index in [1.165, 1.54) is 0 Å². The number of halogens is 2. The van der Waals surface area contributed by atoms with Crippen LogP contribution in [0.1, 0.15) is 17.8 Å². The molecule has 0 aromatic carbocycles. The van der Waals surface area contributed by atoms with Crippen molar-refractivity contribution < 1.29 is 4.79 Å². The normalized spacial score (nSPS) is 16.3. The minimum Gasteiger partial charge on any atom is -0.348 e. The molecule has 0 aliphatic heterocycles. The van der Waals surface area contributed by atoms with E-state index in [9.17, 15) is 4.79 Å². The lowest BCUT2D eigenvalue weighted by atomic mass is 9.89. The van der Waals surface area contributed by atoms with Crippen LogP contribution in [-0.2, 0) is 17.6 Å². The lowest BCUT2D eigenvalue weighted by Crippen LogP contribution is -2.28. The predicted molar refractivity (Wildman–Crippen MR) is 81.5 cm³/mol. The van der Waals surface area contributed by atoms with Crippen LogP contribution in [0.15, 0.2) is 30.9 Å². The molecule has 0 spiro atoms. The lowest BCUT2D eigenvalue weighted by Gasteiger charge is -2.20. The second kappa shape index (κ2) is 7.26. The van der Waals surface area contributed by atoms with Crippen molar-refractivity contribution in [3.63, 3.8) is 0 Å². The van der Waals surface area contributed by atoms with Crippen molar-refractivity contribution in [1.29, 1.82) is 0 Å². The summed E-state index contributed by atoms with van der Waals surface area (Å²) in [4.78, 5) is 23.4. The summed E-state index contributed by atoms with van der Waals surface area (Å²) in [6.45, 7) is 0. The number of aryl methyl sites for hydroxylation is 1. The van der Waals surface area contributed by atoms with E-state index in [2.05, 4.69) is 20.3 Å². The van der Waals surface area contributed by atoms with Crippen LogP contribution in [-0.4, -0.2) is 20.9 Å². The highest BCUT2D eigenvalue weighted by Gasteiger charge is 2.26. The van der Waals surface area contributed by atoms with E-state index in [4.69, 9.17) is 0 Å². The Morgan fingerprint density at radius 2 is 2.25 bits per heavy atom. The van der Waals surface area contributed by atoms with Gasteiger partial charge >= 0.3 is 0 Å². The third-order valence-electron chi connectivity index (χ3n) is 3.29. The molecule has 2 heterocycles. The molecule has 2 aromatic rings. The Kier molecular flexibility index (Phi) is 5.98. The Morgan fingerprint density at radius 3 is 3.00 bits per heavy atom. The van der Waals surface area contributed by atoms with Crippen molar-refractivity contribution in [2.75, 3.05) is 5.32 Å². The molecule has 7 heteroatoms. The second-order valence-corrected chi connectivity index (χ2v) is 4.50. The van der Waals surface area contributed by atoms with Crippen LogP contribution in [0.4, 0.5) is 5.69 Å². The van der Waals surface area contributed by atoms with Gasteiger partial charge in [-0.2, -0.15) is 0 Å². The summed E-state index contributed by atoms with van der Waals surface area (Å²) in [5.74, 6) is 0.0707. The SMILES string of the molecule is Cl.Cl.O=C(Nc1cccnc1)C1CCc2nc[nH]c2C1. The van der Waals surface area contributed by atoms with Gasteiger partial charge in [0.25, 0.3) is 0 Å². The first-order chi connectivity index (χ1) is 8.83. The van der Waals surface area contributed by atoms with Gasteiger partial charge in [0.15, 0.2) is 0 Å². The third kappa shape index (κ3) is 3.49. The second-order valence-electron chi connectivity index (χ2n) is 4.50. The number of fused-ring (bicyclic) bond motifs is 1. The molecule has 0 saturated carbocycles. The van der Waals surface area contributed by atoms with E-state index in [0.29, 0.717) is 0 Å². The van der Waals surface area contributed by atoms with Crippen LogP contribution < -0.4 is 5.32 Å². The fourth-order valence-electron chi connectivity index (χ4n) is 2.31. The molecule has 1 aliphatic rings. The number of nitrogens with one attached hydrogen (secondary N) is 2. The van der Waals surface area contributed by atoms with E-state index in [-0.39, 0.29) is 36.6 Å². The van der Waals surface area contributed by atoms with Crippen LogP contribution in [0.5, 0.6) is 0 Å². The van der Waals surface area contributed by atoms with Gasteiger partial charge in [-0.05, 0) is 25.0 Å². The van der Waals surface area contributed by atoms with Gasteiger partial charge in [-0.15, -0.1) is 24.8 Å². The third-order valence-corrected chi connectivity index (χ3v) is 3.29. The standard InChI is InChI=1S/C13H14N4O.2ClH/c18-13(17-10-2-1-5-14-7-10)9-3-4-11-12(6-9)16-8-15-11;;/h1-2,5,7-9H,3-4,6H2,(H,15,16)(H,17,18);2*1H. The van der Waals surface area contributed by atoms with Crippen LogP contribution in [0.25, 0.3) is 0 Å². The Bertz CT molecular complexity index is 559. The molecule has 0 saturated heterocycles. The number of hydrogen-bond acceptors (Lipinski definition) is 3. The Balaban J connectivity index is 0.000001000. The van der Waals surface area contributed by atoms with E-state index in [0.717, 1.165) is 36.3 Å². The smallest absolute Gasteiger partial charge is 0.227 e. The van der Waals surface area contributed by atoms with E-state index >= 15 is 0 Å². The van der Waals surface area contributed by atoms with Gasteiger partial charge in [0.2, 0.25) is 5.91 Å². The zero-order valence-electron chi connectivity index (χ0n) is 10.7. The Morgan fingerprint density at radius 1 is 1.40 bits per heavy atom. The summed E-state index contributed by atoms with van der Waals surface area (Å²) in [5.41, 5.74) is 2.94. The predicted octanol–water partition coefficient (Wildman–Crippen LogP) is 2.39. The van der Waals surface area contributed by atoms with Crippen LogP contribution >= 0.6 is 24.8 Å². The minimum atomic E-state index is 0. The van der Waals surface area contributed by atoms with Crippen molar-refractivity contribution in [2.45, 2.75) is 19.3 Å². The highest BCUT2D eigenvalue weighted by atomic mass is 35.5. The maximum atomic E-state index is 12.1. The number of pyridine rings is 1. The molecule has 2 aromatic heterocycles. The largest absolute Gasteiger partial charge is 0.348 e. The number of carbonyl (C=O) groups excluding carboxylic acids is 1. The highest BCUT2D eigenvalue weighted by molar-refractivity contribution is 5.92. The van der Waals surface area contributed by atoms with Crippen LogP contribution in [0.2, 0.25) is 0 Å². The number of aromatic nitrogens is 3.